The Kier molecular flexibility index (Phi) is 3.23. The largest absolute Gasteiger partial charge is 0.370 e. The lowest BCUT2D eigenvalue weighted by molar-refractivity contribution is -0.549. The average Bonchev–Trinajstić information content (AvgIpc) is 2.10. The third kappa shape index (κ3) is 2.11. The lowest BCUT2D eigenvalue weighted by atomic mass is 10.4. The van der Waals surface area contributed by atoms with E-state index in [0.29, 0.717) is 6.67 Å². The molecule has 0 fully saturated rings. The van der Waals surface area contributed by atoms with Crippen molar-refractivity contribution in [3.63, 3.8) is 0 Å². The summed E-state index contributed by atoms with van der Waals surface area (Å²) in [5.74, 6) is 0.256. The second-order valence-corrected chi connectivity index (χ2v) is 3.28. The van der Waals surface area contributed by atoms with Gasteiger partial charge in [-0.15, -0.1) is 0 Å². The van der Waals surface area contributed by atoms with Crippen LogP contribution in [0.25, 0.3) is 0 Å². The van der Waals surface area contributed by atoms with Crippen molar-refractivity contribution in [2.45, 2.75) is 19.6 Å². The van der Waals surface area contributed by atoms with Crippen molar-refractivity contribution in [3.05, 3.63) is 10.1 Å². The lowest BCUT2D eigenvalue weighted by Gasteiger charge is -2.32. The maximum atomic E-state index is 10.6. The molecule has 14 heavy (non-hydrogen) atoms. The zero-order valence-electron chi connectivity index (χ0n) is 8.38. The monoisotopic (exact) mass is 201 g/mol. The van der Waals surface area contributed by atoms with Gasteiger partial charge in [0.25, 0.3) is 0 Å². The molecule has 0 aromatic rings. The van der Waals surface area contributed by atoms with Gasteiger partial charge in [0.2, 0.25) is 0 Å². The van der Waals surface area contributed by atoms with Crippen molar-refractivity contribution in [1.29, 1.82) is 0 Å². The Bertz CT molecular complexity index is 254. The first-order valence-electron chi connectivity index (χ1n) is 4.48. The Hall–Kier alpha value is -1.37. The second kappa shape index (κ2) is 4.23. The Morgan fingerprint density at radius 1 is 1.79 bits per heavy atom. The van der Waals surface area contributed by atoms with E-state index in [-0.39, 0.29) is 5.96 Å². The van der Waals surface area contributed by atoms with Gasteiger partial charge in [0.05, 0.1) is 11.6 Å². The summed E-state index contributed by atoms with van der Waals surface area (Å²) in [6, 6.07) is 0. The van der Waals surface area contributed by atoms with Crippen LogP contribution in [0.1, 0.15) is 13.3 Å². The molecule has 0 aromatic carbocycles. The molecule has 0 spiro atoms. The SMILES string of the molecule is CCCN1CN(C)C([N+](=O)[O-])N=C1N. The number of nitro groups is 1. The third-order valence-corrected chi connectivity index (χ3v) is 2.04. The molecule has 0 bridgehead atoms. The first-order valence-corrected chi connectivity index (χ1v) is 4.48. The van der Waals surface area contributed by atoms with E-state index in [0.717, 1.165) is 13.0 Å². The number of hydrogen-bond donors (Lipinski definition) is 1. The van der Waals surface area contributed by atoms with Gasteiger partial charge in [-0.2, -0.15) is 4.99 Å². The predicted molar refractivity (Wildman–Crippen MR) is 52.0 cm³/mol. The molecule has 2 N–H and O–H groups in total. The number of nitrogens with zero attached hydrogens (tertiary/aromatic N) is 4. The molecule has 0 amide bonds. The van der Waals surface area contributed by atoms with E-state index >= 15 is 0 Å². The van der Waals surface area contributed by atoms with Crippen LogP contribution in [0.2, 0.25) is 0 Å². The van der Waals surface area contributed by atoms with Gasteiger partial charge in [0, 0.05) is 6.54 Å². The van der Waals surface area contributed by atoms with Gasteiger partial charge in [-0.3, -0.25) is 10.1 Å². The highest BCUT2D eigenvalue weighted by Crippen LogP contribution is 2.08. The van der Waals surface area contributed by atoms with Crippen molar-refractivity contribution in [3.8, 4) is 0 Å². The number of guanidine groups is 1. The molecule has 0 saturated carbocycles. The van der Waals surface area contributed by atoms with Crippen LogP contribution in [0, 0.1) is 10.1 Å². The molecule has 0 radical (unpaired) electrons. The first kappa shape index (κ1) is 10.7. The smallest absolute Gasteiger partial charge is 0.369 e. The van der Waals surface area contributed by atoms with Crippen molar-refractivity contribution in [2.75, 3.05) is 20.3 Å². The van der Waals surface area contributed by atoms with E-state index in [1.807, 2.05) is 11.8 Å². The highest BCUT2D eigenvalue weighted by atomic mass is 16.6. The van der Waals surface area contributed by atoms with Gasteiger partial charge in [-0.1, -0.05) is 6.92 Å². The number of nitrogens with two attached hydrogens (primary N) is 1. The average molecular weight is 201 g/mol. The van der Waals surface area contributed by atoms with E-state index in [1.165, 1.54) is 0 Å². The number of rotatable bonds is 3. The molecule has 1 rings (SSSR count). The summed E-state index contributed by atoms with van der Waals surface area (Å²) in [7, 11) is 1.66. The molecule has 0 aliphatic carbocycles. The van der Waals surface area contributed by atoms with Gasteiger partial charge in [-0.05, 0) is 13.5 Å². The molecule has 80 valence electrons. The Labute approximate surface area is 82.3 Å². The highest BCUT2D eigenvalue weighted by molar-refractivity contribution is 5.78. The van der Waals surface area contributed by atoms with E-state index in [1.54, 1.807) is 11.9 Å². The van der Waals surface area contributed by atoms with Crippen molar-refractivity contribution in [1.82, 2.24) is 9.80 Å². The van der Waals surface area contributed by atoms with E-state index in [4.69, 9.17) is 5.73 Å². The maximum absolute atomic E-state index is 10.6. The zero-order chi connectivity index (χ0) is 10.7. The van der Waals surface area contributed by atoms with E-state index in [9.17, 15) is 10.1 Å². The van der Waals surface area contributed by atoms with Gasteiger partial charge < -0.3 is 10.6 Å². The van der Waals surface area contributed by atoms with Crippen LogP contribution in [0.3, 0.4) is 0 Å². The molecular formula is C7H15N5O2. The molecule has 1 heterocycles. The third-order valence-electron chi connectivity index (χ3n) is 2.04. The molecule has 7 nitrogen and oxygen atoms in total. The normalized spacial score (nSPS) is 23.4. The lowest BCUT2D eigenvalue weighted by Crippen LogP contribution is -2.54. The number of hydrogen-bond acceptors (Lipinski definition) is 6. The standard InChI is InChI=1S/C7H15N5O2/c1-3-4-11-5-10(2)7(12(13)14)9-6(11)8/h7H,3-5H2,1-2H3,(H2,8,9). The summed E-state index contributed by atoms with van der Waals surface area (Å²) >= 11 is 0. The summed E-state index contributed by atoms with van der Waals surface area (Å²) < 4.78 is 0. The molecular weight excluding hydrogens is 186 g/mol. The fraction of sp³-hybridized carbons (Fsp3) is 0.857. The van der Waals surface area contributed by atoms with Crippen LogP contribution < -0.4 is 5.73 Å². The summed E-state index contributed by atoms with van der Waals surface area (Å²) in [6.45, 7) is 3.24. The zero-order valence-corrected chi connectivity index (χ0v) is 8.38. The van der Waals surface area contributed by atoms with Crippen LogP contribution in [-0.4, -0.2) is 47.2 Å². The minimum atomic E-state index is -1.04. The van der Waals surface area contributed by atoms with Crippen molar-refractivity contribution < 1.29 is 4.92 Å². The van der Waals surface area contributed by atoms with Crippen LogP contribution in [0.5, 0.6) is 0 Å². The van der Waals surface area contributed by atoms with Crippen molar-refractivity contribution in [2.24, 2.45) is 10.7 Å². The van der Waals surface area contributed by atoms with Crippen LogP contribution in [0.15, 0.2) is 4.99 Å². The summed E-state index contributed by atoms with van der Waals surface area (Å²) in [5, 5.41) is 10.6. The van der Waals surface area contributed by atoms with Crippen LogP contribution in [-0.2, 0) is 0 Å². The van der Waals surface area contributed by atoms with Gasteiger partial charge in [-0.25, -0.2) is 4.90 Å². The van der Waals surface area contributed by atoms with Crippen molar-refractivity contribution >= 4 is 5.96 Å². The Balaban J connectivity index is 2.75. The van der Waals surface area contributed by atoms with E-state index < -0.39 is 11.2 Å². The highest BCUT2D eigenvalue weighted by Gasteiger charge is 2.31. The molecule has 1 aliphatic rings. The Morgan fingerprint density at radius 3 is 2.93 bits per heavy atom. The fourth-order valence-corrected chi connectivity index (χ4v) is 1.38. The van der Waals surface area contributed by atoms with E-state index in [2.05, 4.69) is 4.99 Å². The second-order valence-electron chi connectivity index (χ2n) is 3.28. The maximum Gasteiger partial charge on any atom is 0.369 e. The molecule has 0 saturated heterocycles. The molecule has 7 heteroatoms. The predicted octanol–water partition coefficient (Wildman–Crippen LogP) is -0.524. The van der Waals surface area contributed by atoms with Crippen LogP contribution in [0.4, 0.5) is 0 Å². The first-order chi connectivity index (χ1) is 6.56. The topological polar surface area (TPSA) is 88.0 Å². The summed E-state index contributed by atoms with van der Waals surface area (Å²) in [5.41, 5.74) is 5.60. The Morgan fingerprint density at radius 2 is 2.43 bits per heavy atom. The molecule has 1 atom stereocenters. The fourth-order valence-electron chi connectivity index (χ4n) is 1.38. The molecule has 1 aliphatic heterocycles. The summed E-state index contributed by atoms with van der Waals surface area (Å²) in [4.78, 5) is 17.3. The van der Waals surface area contributed by atoms with Crippen LogP contribution >= 0.6 is 0 Å². The minimum absolute atomic E-state index is 0.256. The molecule has 1 unspecified atom stereocenters. The number of aliphatic imine (C=N–C) groups is 1. The van der Waals surface area contributed by atoms with Gasteiger partial charge in [0.15, 0.2) is 5.96 Å². The minimum Gasteiger partial charge on any atom is -0.370 e. The summed E-state index contributed by atoms with van der Waals surface area (Å²) in [6.07, 6.45) is -0.101. The molecule has 0 aromatic heterocycles. The van der Waals surface area contributed by atoms with Gasteiger partial charge in [0.1, 0.15) is 0 Å². The van der Waals surface area contributed by atoms with Gasteiger partial charge >= 0.3 is 6.29 Å². The quantitative estimate of drug-likeness (QED) is 0.490.